The molecule has 0 saturated carbocycles. The lowest BCUT2D eigenvalue weighted by molar-refractivity contribution is 1.69. The molecule has 32 heteroatoms. The summed E-state index contributed by atoms with van der Waals surface area (Å²) in [5.74, 6) is 0. The Bertz CT molecular complexity index is 5980. The minimum Gasteiger partial charge on any atom is -0.121 e. The molecular formula is C76H36S32. The highest BCUT2D eigenvalue weighted by Crippen LogP contribution is 2.78. The SMILES string of the molecule is CSC1=C(SC)SC(=C2SC3=C(S2)SC(=c2c4ccccc4c(=C4SC5=C(SC(=C6SC7=C(S6)SC(=c6c8ccccc8c(=C8SC9=C(SC(=C%10SC%11=C(S%10)SC(=c%10c%12ccccc%12c(=C%12SC%13=C(SC(=C%14SC(SC)=C(SC)S%14)S%13)S%12)c%12ccccc%10%12)S%11)S9)S8)c8ccccc68)S7)S5)S4)c4ccccc24)S3)S1. The van der Waals surface area contributed by atoms with Crippen molar-refractivity contribution >= 4 is 466 Å². The van der Waals surface area contributed by atoms with E-state index in [0.29, 0.717) is 0 Å². The summed E-state index contributed by atoms with van der Waals surface area (Å²) in [6.07, 6.45) is 8.82. The average Bonchev–Trinajstić information content (AvgIpc) is 1.26. The minimum absolute atomic E-state index is 1.34. The molecule has 532 valence electrons. The van der Waals surface area contributed by atoms with E-state index in [0.717, 1.165) is 0 Å². The maximum Gasteiger partial charge on any atom is 0.0718 e. The molecule has 23 rings (SSSR count). The smallest absolute Gasteiger partial charge is 0.0718 e. The zero-order valence-electron chi connectivity index (χ0n) is 54.9. The first-order valence-corrected chi connectivity index (χ1v) is 60.1. The summed E-state index contributed by atoms with van der Waals surface area (Å²) >= 11 is 63.2. The third-order valence-corrected chi connectivity index (χ3v) is 64.3. The van der Waals surface area contributed by atoms with E-state index < -0.39 is 0 Å². The van der Waals surface area contributed by atoms with Crippen molar-refractivity contribution in [1.82, 2.24) is 0 Å². The van der Waals surface area contributed by atoms with Gasteiger partial charge >= 0.3 is 0 Å². The fourth-order valence-electron chi connectivity index (χ4n) is 13.5. The fraction of sp³-hybridized carbons (Fsp3) is 0.0526. The number of fused-ring (bicyclic) bond motifs is 6. The highest BCUT2D eigenvalue weighted by molar-refractivity contribution is 8.57. The first-order valence-electron chi connectivity index (χ1n) is 32.3. The Kier molecular flexibility index (Phi) is 21.5. The third-order valence-electron chi connectivity index (χ3n) is 18.0. The van der Waals surface area contributed by atoms with Gasteiger partial charge in [-0.05, 0) is 89.7 Å². The topological polar surface area (TPSA) is 0 Å². The molecule has 0 saturated heterocycles. The molecule has 0 nitrogen and oxygen atoms in total. The number of hydrogen-bond acceptors (Lipinski definition) is 32. The second kappa shape index (κ2) is 31.1. The molecule has 0 N–H and O–H groups in total. The van der Waals surface area contributed by atoms with Crippen LogP contribution in [0, 0.1) is 0 Å². The lowest BCUT2D eigenvalue weighted by Crippen LogP contribution is -2.16. The molecular weight excluding hydrogens is 1940 g/mol. The molecule has 0 amide bonds. The van der Waals surface area contributed by atoms with Gasteiger partial charge in [0.25, 0.3) is 0 Å². The van der Waals surface area contributed by atoms with E-state index >= 15 is 0 Å². The second-order valence-electron chi connectivity index (χ2n) is 23.8. The lowest BCUT2D eigenvalue weighted by Gasteiger charge is -2.13. The van der Waals surface area contributed by atoms with Crippen molar-refractivity contribution < 1.29 is 0 Å². The van der Waals surface area contributed by atoms with Crippen LogP contribution in [0.1, 0.15) is 0 Å². The van der Waals surface area contributed by atoms with Gasteiger partial charge in [-0.15, -0.1) is 47.0 Å². The fourth-order valence-corrected chi connectivity index (χ4v) is 63.6. The molecule has 14 aliphatic rings. The Morgan fingerprint density at radius 1 is 0.130 bits per heavy atom. The van der Waals surface area contributed by atoms with Crippen LogP contribution in [0.25, 0.3) is 90.1 Å². The molecule has 0 spiro atoms. The van der Waals surface area contributed by atoms with Gasteiger partial charge in [-0.3, -0.25) is 0 Å². The van der Waals surface area contributed by atoms with E-state index in [4.69, 9.17) is 0 Å². The van der Waals surface area contributed by atoms with Gasteiger partial charge in [0.2, 0.25) is 0 Å². The molecule has 108 heavy (non-hydrogen) atoms. The van der Waals surface area contributed by atoms with Gasteiger partial charge < -0.3 is 0 Å². The maximum atomic E-state index is 2.39. The predicted molar refractivity (Wildman–Crippen MR) is 553 cm³/mol. The maximum absolute atomic E-state index is 2.39. The van der Waals surface area contributed by atoms with Crippen LogP contribution in [-0.2, 0) is 0 Å². The largest absolute Gasteiger partial charge is 0.121 e. The number of rotatable bonds is 4. The van der Waals surface area contributed by atoms with Crippen LogP contribution in [0.2, 0.25) is 0 Å². The van der Waals surface area contributed by atoms with Gasteiger partial charge in [-0.2, -0.15) is 0 Å². The summed E-state index contributed by atoms with van der Waals surface area (Å²) in [6.45, 7) is 0. The molecule has 0 aliphatic carbocycles. The standard InChI is InChI=1S/C76H36S32/c1-77-53-54(78-2)94-69(93-53)71-97-57-58(98-71)82-47(81-57)41-29-17-5-9-21-33(29)43(34-22-10-6-18-30(34)41)49-85-61-62(86-49)102-73(101-61)75-105-65-66(106-75)90-51(89-65)45-37-25-13-15-27-39(37)46(40-28-16-14-26-38(40)45)52-91-67-68(92-52)108-76(107-67)74-103-63-64(104-74)88-50(87-63)44-35-23-11-7-19-31(35)42(32-20-8-12-24-36(32)44)48-83-59-60(84-48)100-72(99-59)70-95-55(79-3)56(80-4)96-70/h5-28H,1-4H3. The van der Waals surface area contributed by atoms with Crippen molar-refractivity contribution in [1.29, 1.82) is 0 Å². The van der Waals surface area contributed by atoms with Crippen molar-refractivity contribution in [3.05, 3.63) is 279 Å². The highest BCUT2D eigenvalue weighted by atomic mass is 32.3. The van der Waals surface area contributed by atoms with Gasteiger partial charge in [0.15, 0.2) is 0 Å². The first kappa shape index (κ1) is 74.9. The van der Waals surface area contributed by atoms with Crippen molar-refractivity contribution in [2.45, 2.75) is 0 Å². The van der Waals surface area contributed by atoms with Gasteiger partial charge in [0, 0.05) is 31.3 Å². The van der Waals surface area contributed by atoms with E-state index in [2.05, 4.69) is 171 Å². The number of hydrogen-bond donors (Lipinski definition) is 0. The van der Waals surface area contributed by atoms with Gasteiger partial charge in [-0.25, -0.2) is 0 Å². The van der Waals surface area contributed by atoms with E-state index in [-0.39, 0.29) is 0 Å². The van der Waals surface area contributed by atoms with Crippen molar-refractivity contribution in [3.8, 4) is 0 Å². The monoisotopic (exact) mass is 1970 g/mol. The Hall–Kier alpha value is 1.84. The van der Waals surface area contributed by atoms with Gasteiger partial charge in [-0.1, -0.05) is 475 Å². The second-order valence-corrected chi connectivity index (χ2v) is 63.4. The molecule has 14 aliphatic heterocycles. The summed E-state index contributed by atoms with van der Waals surface area (Å²) in [5, 5.41) is 24.4. The first-order chi connectivity index (χ1) is 53.2. The molecule has 0 unspecified atom stereocenters. The summed E-state index contributed by atoms with van der Waals surface area (Å²) in [5.41, 5.74) is 0. The van der Waals surface area contributed by atoms with Crippen molar-refractivity contribution in [2.75, 3.05) is 25.0 Å². The summed E-state index contributed by atoms with van der Waals surface area (Å²) in [7, 11) is 0. The number of benzene rings is 9. The third kappa shape index (κ3) is 13.0. The minimum atomic E-state index is 1.34. The zero-order chi connectivity index (χ0) is 71.3. The van der Waals surface area contributed by atoms with E-state index in [1.54, 1.807) is 0 Å². The van der Waals surface area contributed by atoms with E-state index in [9.17, 15) is 0 Å². The molecule has 9 aromatic carbocycles. The lowest BCUT2D eigenvalue weighted by atomic mass is 9.99. The molecule has 0 fully saturated rings. The van der Waals surface area contributed by atoms with Crippen LogP contribution in [0.4, 0.5) is 0 Å². The van der Waals surface area contributed by atoms with Crippen molar-refractivity contribution in [2.24, 2.45) is 0 Å². The van der Waals surface area contributed by atoms with E-state index in [1.165, 1.54) is 223 Å². The average molecular weight is 1980 g/mol. The quantitative estimate of drug-likeness (QED) is 0.153. The highest BCUT2D eigenvalue weighted by Gasteiger charge is 2.43. The molecule has 0 aromatic heterocycles. The van der Waals surface area contributed by atoms with Crippen LogP contribution >= 0.6 is 376 Å². The zero-order valence-corrected chi connectivity index (χ0v) is 81.0. The number of thioether (sulfide) groups is 32. The predicted octanol–water partition coefficient (Wildman–Crippen LogP) is 32.1. The van der Waals surface area contributed by atoms with Crippen molar-refractivity contribution in [3.63, 3.8) is 0 Å². The Labute approximate surface area is 757 Å². The summed E-state index contributed by atoms with van der Waals surface area (Å²) in [6, 6.07) is 55.4. The van der Waals surface area contributed by atoms with Gasteiger partial charge in [0.1, 0.15) is 0 Å². The van der Waals surface area contributed by atoms with Crippen LogP contribution in [0.5, 0.6) is 0 Å². The van der Waals surface area contributed by atoms with Crippen LogP contribution in [0.15, 0.2) is 247 Å². The molecule has 0 bridgehead atoms. The van der Waals surface area contributed by atoms with Gasteiger partial charge in [0.05, 0.1) is 127 Å². The van der Waals surface area contributed by atoms with Crippen LogP contribution in [0.3, 0.4) is 0 Å². The van der Waals surface area contributed by atoms with Crippen LogP contribution < -0.4 is 31.3 Å². The molecule has 0 atom stereocenters. The Balaban J connectivity index is 0.482. The normalized spacial score (nSPS) is 21.6. The summed E-state index contributed by atoms with van der Waals surface area (Å²) in [4.78, 5) is 0. The molecule has 14 heterocycles. The Morgan fingerprint density at radius 2 is 0.222 bits per heavy atom. The molecule has 9 aromatic rings. The van der Waals surface area contributed by atoms with E-state index in [1.807, 2.05) is 376 Å². The Morgan fingerprint density at radius 3 is 0.324 bits per heavy atom. The van der Waals surface area contributed by atoms with Crippen LogP contribution in [-0.4, -0.2) is 25.0 Å². The summed E-state index contributed by atoms with van der Waals surface area (Å²) < 4.78 is 42.8. The molecule has 0 radical (unpaired) electrons.